The van der Waals surface area contributed by atoms with Crippen molar-refractivity contribution in [3.8, 4) is 5.75 Å². The van der Waals surface area contributed by atoms with E-state index in [1.165, 1.54) is 12.3 Å². The minimum absolute atomic E-state index is 0.112. The maximum Gasteiger partial charge on any atom is 0.349 e. The van der Waals surface area contributed by atoms with Gasteiger partial charge in [-0.05, 0) is 31.5 Å². The van der Waals surface area contributed by atoms with Crippen LogP contribution in [0.15, 0.2) is 42.6 Å². The van der Waals surface area contributed by atoms with E-state index in [9.17, 15) is 9.18 Å². The van der Waals surface area contributed by atoms with Gasteiger partial charge in [0, 0.05) is 5.56 Å². The van der Waals surface area contributed by atoms with Gasteiger partial charge in [-0.15, -0.1) is 0 Å². The lowest BCUT2D eigenvalue weighted by Crippen LogP contribution is -2.56. The maximum absolute atomic E-state index is 13.3. The third kappa shape index (κ3) is 3.89. The van der Waals surface area contributed by atoms with Crippen LogP contribution in [0.1, 0.15) is 17.5 Å². The van der Waals surface area contributed by atoms with E-state index in [1.54, 1.807) is 6.92 Å². The van der Waals surface area contributed by atoms with Crippen molar-refractivity contribution < 1.29 is 18.7 Å². The number of hydrogen-bond acceptors (Lipinski definition) is 5. The lowest BCUT2D eigenvalue weighted by molar-refractivity contribution is -0.155. The van der Waals surface area contributed by atoms with Crippen molar-refractivity contribution in [2.24, 2.45) is 0 Å². The van der Waals surface area contributed by atoms with Gasteiger partial charge in [0.15, 0.2) is 0 Å². The Morgan fingerprint density at radius 2 is 2.17 bits per heavy atom. The molecule has 0 saturated carbocycles. The Hall–Kier alpha value is -2.47. The molecule has 0 amide bonds. The van der Waals surface area contributed by atoms with Gasteiger partial charge in [-0.25, -0.2) is 9.78 Å². The molecule has 6 heteroatoms. The summed E-state index contributed by atoms with van der Waals surface area (Å²) in [6.45, 7) is 2.61. The fraction of sp³-hybridized carbons (Fsp3) is 0.333. The number of hydrogen-bond donors (Lipinski definition) is 1. The summed E-state index contributed by atoms with van der Waals surface area (Å²) in [5, 5.41) is 3.15. The molecule has 1 aliphatic heterocycles. The summed E-state index contributed by atoms with van der Waals surface area (Å²) >= 11 is 0. The Morgan fingerprint density at radius 3 is 2.79 bits per heavy atom. The number of nitrogens with one attached hydrogen (secondary N) is 1. The second kappa shape index (κ2) is 7.40. The zero-order valence-corrected chi connectivity index (χ0v) is 13.4. The molecule has 24 heavy (non-hydrogen) atoms. The Labute approximate surface area is 139 Å². The zero-order chi connectivity index (χ0) is 16.9. The summed E-state index contributed by atoms with van der Waals surface area (Å²) < 4.78 is 24.4. The van der Waals surface area contributed by atoms with E-state index >= 15 is 0 Å². The molecule has 1 aromatic heterocycles. The average Bonchev–Trinajstić information content (AvgIpc) is 2.54. The second-order valence-corrected chi connectivity index (χ2v) is 5.76. The summed E-state index contributed by atoms with van der Waals surface area (Å²) in [6, 6.07) is 10.9. The molecule has 1 aromatic carbocycles. The van der Waals surface area contributed by atoms with Crippen LogP contribution in [0.2, 0.25) is 0 Å². The van der Waals surface area contributed by atoms with Gasteiger partial charge in [0.1, 0.15) is 12.4 Å². The minimum Gasteiger partial charge on any atom is -0.475 e. The van der Waals surface area contributed by atoms with Gasteiger partial charge in [0.2, 0.25) is 12.1 Å². The number of benzene rings is 1. The van der Waals surface area contributed by atoms with Crippen LogP contribution in [0.5, 0.6) is 5.75 Å². The Bertz CT molecular complexity index is 705. The van der Waals surface area contributed by atoms with E-state index in [0.29, 0.717) is 11.3 Å². The first kappa shape index (κ1) is 16.4. The number of esters is 1. The van der Waals surface area contributed by atoms with Crippen molar-refractivity contribution in [2.75, 3.05) is 6.54 Å². The quantitative estimate of drug-likeness (QED) is 0.651. The minimum atomic E-state index is -0.783. The first-order valence-corrected chi connectivity index (χ1v) is 7.86. The molecule has 1 N–H and O–H groups in total. The lowest BCUT2D eigenvalue weighted by atomic mass is 10.0. The molecule has 2 aromatic rings. The molecule has 2 heterocycles. The Kier molecular flexibility index (Phi) is 5.05. The maximum atomic E-state index is 13.3. The van der Waals surface area contributed by atoms with Crippen LogP contribution >= 0.6 is 0 Å². The van der Waals surface area contributed by atoms with Crippen molar-refractivity contribution in [1.29, 1.82) is 0 Å². The van der Waals surface area contributed by atoms with Crippen LogP contribution in [0.25, 0.3) is 0 Å². The number of rotatable bonds is 6. The molecule has 0 aliphatic carbocycles. The van der Waals surface area contributed by atoms with Gasteiger partial charge in [0.05, 0.1) is 12.2 Å². The van der Waals surface area contributed by atoms with E-state index < -0.39 is 18.0 Å². The first-order chi connectivity index (χ1) is 11.6. The van der Waals surface area contributed by atoms with Gasteiger partial charge in [-0.3, -0.25) is 0 Å². The van der Waals surface area contributed by atoms with Crippen molar-refractivity contribution in [1.82, 2.24) is 10.3 Å². The molecule has 2 atom stereocenters. The highest BCUT2D eigenvalue weighted by molar-refractivity contribution is 5.76. The van der Waals surface area contributed by atoms with Gasteiger partial charge in [-0.1, -0.05) is 30.3 Å². The monoisotopic (exact) mass is 330 g/mol. The van der Waals surface area contributed by atoms with E-state index in [4.69, 9.17) is 9.47 Å². The molecule has 3 rings (SSSR count). The molecule has 0 radical (unpaired) electrons. The fourth-order valence-corrected chi connectivity index (χ4v) is 2.42. The SMILES string of the molecule is Cc1cc(OC(C(=O)OCc2ccccc2)[C@H]2CCN2)cnc1F. The number of pyridine rings is 1. The number of carbonyl (C=O) groups excluding carboxylic acids is 1. The number of halogens is 1. The standard InChI is InChI=1S/C18H19FN2O3/c1-12-9-14(10-21-17(12)19)24-16(15-7-8-20-15)18(22)23-11-13-5-3-2-4-6-13/h2-6,9-10,15-16,20H,7-8,11H2,1H3/t15-,16?/m1/s1. The van der Waals surface area contributed by atoms with Crippen molar-refractivity contribution in [2.45, 2.75) is 32.1 Å². The van der Waals surface area contributed by atoms with Crippen molar-refractivity contribution in [3.05, 3.63) is 59.7 Å². The lowest BCUT2D eigenvalue weighted by Gasteiger charge is -2.33. The largest absolute Gasteiger partial charge is 0.475 e. The predicted octanol–water partition coefficient (Wildman–Crippen LogP) is 2.38. The summed E-state index contributed by atoms with van der Waals surface area (Å²) in [5.41, 5.74) is 1.27. The van der Waals surface area contributed by atoms with Crippen molar-refractivity contribution >= 4 is 5.97 Å². The summed E-state index contributed by atoms with van der Waals surface area (Å²) in [7, 11) is 0. The molecule has 1 fully saturated rings. The Balaban J connectivity index is 1.66. The van der Waals surface area contributed by atoms with E-state index in [2.05, 4.69) is 10.3 Å². The van der Waals surface area contributed by atoms with Crippen LogP contribution in [-0.4, -0.2) is 29.6 Å². The van der Waals surface area contributed by atoms with E-state index in [0.717, 1.165) is 18.5 Å². The molecule has 126 valence electrons. The molecule has 1 unspecified atom stereocenters. The molecule has 1 saturated heterocycles. The topological polar surface area (TPSA) is 60.5 Å². The highest BCUT2D eigenvalue weighted by Gasteiger charge is 2.35. The number of nitrogens with zero attached hydrogens (tertiary/aromatic N) is 1. The smallest absolute Gasteiger partial charge is 0.349 e. The molecule has 0 spiro atoms. The summed E-state index contributed by atoms with van der Waals surface area (Å²) in [5.74, 6) is -0.644. The summed E-state index contributed by atoms with van der Waals surface area (Å²) in [6.07, 6.45) is 1.31. The molecule has 0 bridgehead atoms. The second-order valence-electron chi connectivity index (χ2n) is 5.76. The van der Waals surface area contributed by atoms with Crippen molar-refractivity contribution in [3.63, 3.8) is 0 Å². The van der Waals surface area contributed by atoms with Gasteiger partial charge in [-0.2, -0.15) is 4.39 Å². The van der Waals surface area contributed by atoms with Gasteiger partial charge in [0.25, 0.3) is 0 Å². The van der Waals surface area contributed by atoms with Crippen LogP contribution in [0, 0.1) is 12.9 Å². The third-order valence-corrected chi connectivity index (χ3v) is 3.94. The molecular weight excluding hydrogens is 311 g/mol. The predicted molar refractivity (Wildman–Crippen MR) is 86.0 cm³/mol. The molecule has 1 aliphatic rings. The van der Waals surface area contributed by atoms with Crippen LogP contribution in [0.3, 0.4) is 0 Å². The zero-order valence-electron chi connectivity index (χ0n) is 13.4. The van der Waals surface area contributed by atoms with Crippen LogP contribution in [0.4, 0.5) is 4.39 Å². The van der Waals surface area contributed by atoms with Crippen LogP contribution in [-0.2, 0) is 16.1 Å². The highest BCUT2D eigenvalue weighted by atomic mass is 19.1. The first-order valence-electron chi connectivity index (χ1n) is 7.86. The number of aromatic nitrogens is 1. The number of ether oxygens (including phenoxy) is 2. The fourth-order valence-electron chi connectivity index (χ4n) is 2.42. The average molecular weight is 330 g/mol. The van der Waals surface area contributed by atoms with E-state index in [1.807, 2.05) is 30.3 Å². The summed E-state index contributed by atoms with van der Waals surface area (Å²) in [4.78, 5) is 16.0. The molecule has 5 nitrogen and oxygen atoms in total. The Morgan fingerprint density at radius 1 is 1.42 bits per heavy atom. The molecular formula is C18H19FN2O3. The highest BCUT2D eigenvalue weighted by Crippen LogP contribution is 2.20. The van der Waals surface area contributed by atoms with Gasteiger partial charge >= 0.3 is 5.97 Å². The van der Waals surface area contributed by atoms with Gasteiger partial charge < -0.3 is 14.8 Å². The van der Waals surface area contributed by atoms with E-state index in [-0.39, 0.29) is 12.6 Å². The van der Waals surface area contributed by atoms with Crippen LogP contribution < -0.4 is 10.1 Å². The normalized spacial score (nSPS) is 17.7. The number of carbonyl (C=O) groups is 1. The number of aryl methyl sites for hydroxylation is 1. The third-order valence-electron chi connectivity index (χ3n) is 3.94.